The van der Waals surface area contributed by atoms with Crippen LogP contribution in [0.4, 0.5) is 0 Å². The summed E-state index contributed by atoms with van der Waals surface area (Å²) in [6, 6.07) is 5.93. The second-order valence-corrected chi connectivity index (χ2v) is 8.41. The zero-order valence-corrected chi connectivity index (χ0v) is 15.8. The first kappa shape index (κ1) is 18.9. The van der Waals surface area contributed by atoms with Gasteiger partial charge in [-0.15, -0.1) is 0 Å². The second kappa shape index (κ2) is 8.24. The van der Waals surface area contributed by atoms with Crippen molar-refractivity contribution in [3.63, 3.8) is 0 Å². The monoisotopic (exact) mass is 383 g/mol. The zero-order valence-electron chi connectivity index (χ0n) is 14.9. The molecule has 0 aliphatic carbocycles. The fourth-order valence-corrected chi connectivity index (χ4v) is 4.10. The molecule has 0 aromatic heterocycles. The van der Waals surface area contributed by atoms with Gasteiger partial charge in [-0.25, -0.2) is 13.1 Å². The molecule has 8 nitrogen and oxygen atoms in total. The number of ether oxygens (including phenoxy) is 2. The molecule has 1 N–H and O–H groups in total. The van der Waals surface area contributed by atoms with E-state index in [1.807, 2.05) is 18.2 Å². The minimum Gasteiger partial charge on any atom is -0.454 e. The lowest BCUT2D eigenvalue weighted by atomic mass is 10.1. The summed E-state index contributed by atoms with van der Waals surface area (Å²) in [5.41, 5.74) is 1.14. The standard InChI is InChI=1S/C17H25N3O5S/c1-2-9-26(22,23)18-11-17(21)20-7-5-19(6-8-20)12-14-3-4-15-16(10-14)25-13-24-15/h3-4,10,18H,2,5-9,11-13H2,1H3. The Morgan fingerprint density at radius 1 is 1.15 bits per heavy atom. The van der Waals surface area contributed by atoms with Crippen molar-refractivity contribution in [1.82, 2.24) is 14.5 Å². The van der Waals surface area contributed by atoms with Crippen molar-refractivity contribution in [2.75, 3.05) is 45.3 Å². The van der Waals surface area contributed by atoms with Crippen LogP contribution in [0, 0.1) is 0 Å². The number of rotatable bonds is 7. The first-order chi connectivity index (χ1) is 12.5. The molecule has 9 heteroatoms. The van der Waals surface area contributed by atoms with Crippen LogP contribution in [0.25, 0.3) is 0 Å². The van der Waals surface area contributed by atoms with Crippen molar-refractivity contribution < 1.29 is 22.7 Å². The summed E-state index contributed by atoms with van der Waals surface area (Å²) in [5, 5.41) is 0. The van der Waals surface area contributed by atoms with Crippen molar-refractivity contribution in [2.45, 2.75) is 19.9 Å². The van der Waals surface area contributed by atoms with Gasteiger partial charge in [-0.05, 0) is 24.1 Å². The minimum atomic E-state index is -3.35. The van der Waals surface area contributed by atoms with E-state index in [0.717, 1.165) is 36.7 Å². The lowest BCUT2D eigenvalue weighted by Crippen LogP contribution is -2.50. The molecule has 26 heavy (non-hydrogen) atoms. The number of fused-ring (bicyclic) bond motifs is 1. The fourth-order valence-electron chi connectivity index (χ4n) is 3.08. The molecule has 144 valence electrons. The third kappa shape index (κ3) is 4.87. The fraction of sp³-hybridized carbons (Fsp3) is 0.588. The van der Waals surface area contributed by atoms with E-state index < -0.39 is 10.0 Å². The quantitative estimate of drug-likeness (QED) is 0.733. The molecular formula is C17H25N3O5S. The molecule has 2 heterocycles. The third-order valence-corrected chi connectivity index (χ3v) is 6.01. The van der Waals surface area contributed by atoms with Gasteiger partial charge in [0.25, 0.3) is 0 Å². The first-order valence-corrected chi connectivity index (χ1v) is 10.5. The highest BCUT2D eigenvalue weighted by Crippen LogP contribution is 2.32. The predicted octanol–water partition coefficient (Wildman–Crippen LogP) is 0.389. The summed E-state index contributed by atoms with van der Waals surface area (Å²) < 4.78 is 36.4. The number of nitrogens with zero attached hydrogens (tertiary/aromatic N) is 2. The van der Waals surface area contributed by atoms with E-state index in [0.29, 0.717) is 19.5 Å². The molecule has 3 rings (SSSR count). The van der Waals surface area contributed by atoms with Gasteiger partial charge in [0.1, 0.15) is 0 Å². The van der Waals surface area contributed by atoms with Gasteiger partial charge in [0.05, 0.1) is 12.3 Å². The van der Waals surface area contributed by atoms with Gasteiger partial charge in [0.2, 0.25) is 22.7 Å². The van der Waals surface area contributed by atoms with Crippen LogP contribution >= 0.6 is 0 Å². The van der Waals surface area contributed by atoms with Crippen LogP contribution in [-0.4, -0.2) is 69.4 Å². The molecule has 0 atom stereocenters. The summed E-state index contributed by atoms with van der Waals surface area (Å²) in [7, 11) is -3.35. The van der Waals surface area contributed by atoms with Crippen LogP contribution in [0.3, 0.4) is 0 Å². The van der Waals surface area contributed by atoms with Gasteiger partial charge in [0.15, 0.2) is 11.5 Å². The summed E-state index contributed by atoms with van der Waals surface area (Å²) in [5.74, 6) is 1.42. The largest absolute Gasteiger partial charge is 0.454 e. The summed E-state index contributed by atoms with van der Waals surface area (Å²) in [6.45, 7) is 5.37. The molecule has 1 aromatic carbocycles. The predicted molar refractivity (Wildman–Crippen MR) is 96.5 cm³/mol. The lowest BCUT2D eigenvalue weighted by molar-refractivity contribution is -0.131. The summed E-state index contributed by atoms with van der Waals surface area (Å²) in [6.07, 6.45) is 0.530. The smallest absolute Gasteiger partial charge is 0.237 e. The van der Waals surface area contributed by atoms with Crippen LogP contribution in [0.1, 0.15) is 18.9 Å². The van der Waals surface area contributed by atoms with Crippen LogP contribution < -0.4 is 14.2 Å². The van der Waals surface area contributed by atoms with E-state index in [2.05, 4.69) is 9.62 Å². The number of benzene rings is 1. The minimum absolute atomic E-state index is 0.0452. The third-order valence-electron chi connectivity index (χ3n) is 4.48. The van der Waals surface area contributed by atoms with Gasteiger partial charge >= 0.3 is 0 Å². The normalized spacial score (nSPS) is 17.5. The maximum atomic E-state index is 12.2. The average molecular weight is 383 g/mol. The summed E-state index contributed by atoms with van der Waals surface area (Å²) in [4.78, 5) is 16.2. The molecule has 2 aliphatic rings. The molecule has 2 aliphatic heterocycles. The molecular weight excluding hydrogens is 358 g/mol. The van der Waals surface area contributed by atoms with Gasteiger partial charge in [0, 0.05) is 32.7 Å². The van der Waals surface area contributed by atoms with E-state index in [1.165, 1.54) is 0 Å². The molecule has 1 fully saturated rings. The van der Waals surface area contributed by atoms with Crippen molar-refractivity contribution in [2.24, 2.45) is 0 Å². The molecule has 0 saturated carbocycles. The van der Waals surface area contributed by atoms with Crippen molar-refractivity contribution >= 4 is 15.9 Å². The number of hydrogen-bond acceptors (Lipinski definition) is 6. The number of sulfonamides is 1. The van der Waals surface area contributed by atoms with Crippen molar-refractivity contribution in [1.29, 1.82) is 0 Å². The first-order valence-electron chi connectivity index (χ1n) is 8.83. The molecule has 0 bridgehead atoms. The summed E-state index contributed by atoms with van der Waals surface area (Å²) >= 11 is 0. The Kier molecular flexibility index (Phi) is 6.00. The number of hydrogen-bond donors (Lipinski definition) is 1. The molecule has 0 radical (unpaired) electrons. The zero-order chi connectivity index (χ0) is 18.6. The molecule has 1 aromatic rings. The number of carbonyl (C=O) groups excluding carboxylic acids is 1. The highest BCUT2D eigenvalue weighted by Gasteiger charge is 2.23. The topological polar surface area (TPSA) is 88.2 Å². The molecule has 0 spiro atoms. The molecule has 0 unspecified atom stereocenters. The highest BCUT2D eigenvalue weighted by atomic mass is 32.2. The van der Waals surface area contributed by atoms with Gasteiger partial charge in [-0.3, -0.25) is 9.69 Å². The number of nitrogens with one attached hydrogen (secondary N) is 1. The highest BCUT2D eigenvalue weighted by molar-refractivity contribution is 7.89. The van der Waals surface area contributed by atoms with Crippen LogP contribution in [0.15, 0.2) is 18.2 Å². The maximum absolute atomic E-state index is 12.2. The van der Waals surface area contributed by atoms with Crippen LogP contribution in [0.5, 0.6) is 11.5 Å². The Morgan fingerprint density at radius 2 is 1.88 bits per heavy atom. The molecule has 1 amide bonds. The van der Waals surface area contributed by atoms with Crippen LogP contribution in [-0.2, 0) is 21.4 Å². The van der Waals surface area contributed by atoms with E-state index in [-0.39, 0.29) is 25.0 Å². The Hall–Kier alpha value is -1.84. The lowest BCUT2D eigenvalue weighted by Gasteiger charge is -2.34. The SMILES string of the molecule is CCCS(=O)(=O)NCC(=O)N1CCN(Cc2ccc3c(c2)OCO3)CC1. The van der Waals surface area contributed by atoms with Crippen LogP contribution in [0.2, 0.25) is 0 Å². The molecule has 1 saturated heterocycles. The number of amides is 1. The second-order valence-electron chi connectivity index (χ2n) is 6.48. The Balaban J connectivity index is 1.44. The van der Waals surface area contributed by atoms with E-state index in [4.69, 9.17) is 9.47 Å². The number of piperazine rings is 1. The van der Waals surface area contributed by atoms with E-state index in [1.54, 1.807) is 11.8 Å². The van der Waals surface area contributed by atoms with E-state index >= 15 is 0 Å². The average Bonchev–Trinajstić information content (AvgIpc) is 3.08. The van der Waals surface area contributed by atoms with Crippen molar-refractivity contribution in [3.8, 4) is 11.5 Å². The Bertz CT molecular complexity index is 745. The van der Waals surface area contributed by atoms with Crippen molar-refractivity contribution in [3.05, 3.63) is 23.8 Å². The maximum Gasteiger partial charge on any atom is 0.237 e. The van der Waals surface area contributed by atoms with Gasteiger partial charge in [-0.2, -0.15) is 0 Å². The number of carbonyl (C=O) groups is 1. The van der Waals surface area contributed by atoms with E-state index in [9.17, 15) is 13.2 Å². The Labute approximate surface area is 154 Å². The van der Waals surface area contributed by atoms with Gasteiger partial charge < -0.3 is 14.4 Å². The van der Waals surface area contributed by atoms with Gasteiger partial charge in [-0.1, -0.05) is 13.0 Å². The Morgan fingerprint density at radius 3 is 2.62 bits per heavy atom.